The minimum absolute atomic E-state index is 0.0829. The van der Waals surface area contributed by atoms with Crippen molar-refractivity contribution in [2.75, 3.05) is 26.5 Å². The molecule has 1 atom stereocenters. The summed E-state index contributed by atoms with van der Waals surface area (Å²) in [5.74, 6) is 1.80. The van der Waals surface area contributed by atoms with Gasteiger partial charge in [-0.15, -0.1) is 10.2 Å². The molecule has 3 aromatic rings. The van der Waals surface area contributed by atoms with Crippen LogP contribution in [0.15, 0.2) is 52.3 Å². The number of carbonyl (C=O) groups is 1. The Labute approximate surface area is 177 Å². The Kier molecular flexibility index (Phi) is 6.01. The van der Waals surface area contributed by atoms with Crippen molar-refractivity contribution in [3.63, 3.8) is 0 Å². The van der Waals surface area contributed by atoms with Crippen LogP contribution in [-0.4, -0.2) is 47.5 Å². The standard InChI is InChI=1S/C21H21N3O3S2/c1-26-17-10-15-8-9-24(19(25)12-28-21-23-22-13-29-21)20(14-6-4-3-5-7-14)16(15)11-18(17)27-2/h3-7,10-11,13,20H,8-9,12H2,1-2H3/t20-/m0/s1. The van der Waals surface area contributed by atoms with Crippen molar-refractivity contribution < 1.29 is 14.3 Å². The third-order valence-electron chi connectivity index (χ3n) is 4.97. The molecule has 1 aliphatic heterocycles. The predicted molar refractivity (Wildman–Crippen MR) is 114 cm³/mol. The van der Waals surface area contributed by atoms with Crippen LogP contribution in [0.25, 0.3) is 0 Å². The summed E-state index contributed by atoms with van der Waals surface area (Å²) >= 11 is 2.88. The molecular formula is C21H21N3O3S2. The average Bonchev–Trinajstić information content (AvgIpc) is 3.30. The quantitative estimate of drug-likeness (QED) is 0.557. The number of amides is 1. The maximum atomic E-state index is 13.2. The van der Waals surface area contributed by atoms with Gasteiger partial charge in [-0.25, -0.2) is 0 Å². The highest BCUT2D eigenvalue weighted by atomic mass is 32.2. The molecule has 8 heteroatoms. The van der Waals surface area contributed by atoms with Crippen LogP contribution < -0.4 is 9.47 Å². The van der Waals surface area contributed by atoms with Gasteiger partial charge in [0.05, 0.1) is 26.0 Å². The van der Waals surface area contributed by atoms with Crippen LogP contribution in [0.3, 0.4) is 0 Å². The van der Waals surface area contributed by atoms with Crippen molar-refractivity contribution in [2.24, 2.45) is 0 Å². The van der Waals surface area contributed by atoms with Gasteiger partial charge in [0.25, 0.3) is 0 Å². The zero-order valence-corrected chi connectivity index (χ0v) is 17.8. The van der Waals surface area contributed by atoms with Gasteiger partial charge in [-0.05, 0) is 35.2 Å². The van der Waals surface area contributed by atoms with Gasteiger partial charge in [0.2, 0.25) is 5.91 Å². The first-order valence-electron chi connectivity index (χ1n) is 9.19. The van der Waals surface area contributed by atoms with Crippen molar-refractivity contribution in [1.82, 2.24) is 15.1 Å². The second-order valence-electron chi connectivity index (χ2n) is 6.55. The van der Waals surface area contributed by atoms with Gasteiger partial charge < -0.3 is 14.4 Å². The van der Waals surface area contributed by atoms with Gasteiger partial charge in [-0.1, -0.05) is 53.4 Å². The van der Waals surface area contributed by atoms with Crippen LogP contribution in [0.1, 0.15) is 22.7 Å². The van der Waals surface area contributed by atoms with Crippen molar-refractivity contribution in [1.29, 1.82) is 0 Å². The highest BCUT2D eigenvalue weighted by Crippen LogP contribution is 2.41. The Morgan fingerprint density at radius 2 is 1.97 bits per heavy atom. The number of benzene rings is 2. The first-order chi connectivity index (χ1) is 14.2. The maximum Gasteiger partial charge on any atom is 0.233 e. The van der Waals surface area contributed by atoms with Gasteiger partial charge in [0, 0.05) is 6.54 Å². The monoisotopic (exact) mass is 427 g/mol. The molecule has 0 unspecified atom stereocenters. The highest BCUT2D eigenvalue weighted by molar-refractivity contribution is 8.01. The summed E-state index contributed by atoms with van der Waals surface area (Å²) in [6.45, 7) is 0.650. The van der Waals surface area contributed by atoms with Crippen LogP contribution in [-0.2, 0) is 11.2 Å². The summed E-state index contributed by atoms with van der Waals surface area (Å²) in [7, 11) is 3.27. The van der Waals surface area contributed by atoms with E-state index in [1.54, 1.807) is 19.7 Å². The minimum atomic E-state index is -0.165. The molecule has 150 valence electrons. The topological polar surface area (TPSA) is 64.6 Å². The van der Waals surface area contributed by atoms with E-state index in [2.05, 4.69) is 22.3 Å². The molecule has 1 aromatic heterocycles. The second-order valence-corrected chi connectivity index (χ2v) is 8.61. The summed E-state index contributed by atoms with van der Waals surface area (Å²) in [4.78, 5) is 15.1. The molecule has 1 aliphatic rings. The van der Waals surface area contributed by atoms with Crippen molar-refractivity contribution in [2.45, 2.75) is 16.8 Å². The van der Waals surface area contributed by atoms with E-state index in [-0.39, 0.29) is 11.9 Å². The van der Waals surface area contributed by atoms with Crippen LogP contribution in [0.2, 0.25) is 0 Å². The van der Waals surface area contributed by atoms with E-state index >= 15 is 0 Å². The van der Waals surface area contributed by atoms with Gasteiger partial charge in [0.1, 0.15) is 5.51 Å². The number of rotatable bonds is 6. The molecule has 1 amide bonds. The number of fused-ring (bicyclic) bond motifs is 1. The molecule has 2 aromatic carbocycles. The second kappa shape index (κ2) is 8.84. The third-order valence-corrected chi connectivity index (χ3v) is 6.81. The SMILES string of the molecule is COc1cc2c(cc1OC)[C@H](c1ccccc1)N(C(=O)CSc1nncs1)CC2. The van der Waals surface area contributed by atoms with Crippen molar-refractivity contribution in [3.05, 3.63) is 64.7 Å². The van der Waals surface area contributed by atoms with Gasteiger partial charge in [-0.3, -0.25) is 4.79 Å². The van der Waals surface area contributed by atoms with Crippen LogP contribution in [0, 0.1) is 0 Å². The molecular weight excluding hydrogens is 406 g/mol. The number of hydrogen-bond acceptors (Lipinski definition) is 7. The fourth-order valence-electron chi connectivity index (χ4n) is 3.64. The number of aromatic nitrogens is 2. The molecule has 0 radical (unpaired) electrons. The number of ether oxygens (including phenoxy) is 2. The fraction of sp³-hybridized carbons (Fsp3) is 0.286. The Morgan fingerprint density at radius 3 is 2.66 bits per heavy atom. The zero-order valence-electron chi connectivity index (χ0n) is 16.2. The predicted octanol–water partition coefficient (Wildman–Crippen LogP) is 3.82. The first-order valence-corrected chi connectivity index (χ1v) is 11.1. The number of methoxy groups -OCH3 is 2. The van der Waals surface area contributed by atoms with Crippen LogP contribution in [0.4, 0.5) is 0 Å². The molecule has 0 aliphatic carbocycles. The Hall–Kier alpha value is -2.58. The molecule has 4 rings (SSSR count). The highest BCUT2D eigenvalue weighted by Gasteiger charge is 2.33. The Balaban J connectivity index is 1.70. The van der Waals surface area contributed by atoms with Gasteiger partial charge in [0.15, 0.2) is 15.8 Å². The number of thioether (sulfide) groups is 1. The lowest BCUT2D eigenvalue weighted by molar-refractivity contribution is -0.130. The summed E-state index contributed by atoms with van der Waals surface area (Å²) in [6, 6.07) is 14.0. The molecule has 2 heterocycles. The van der Waals surface area contributed by atoms with Crippen molar-refractivity contribution in [3.8, 4) is 11.5 Å². The molecule has 0 fully saturated rings. The molecule has 29 heavy (non-hydrogen) atoms. The Bertz CT molecular complexity index is 980. The summed E-state index contributed by atoms with van der Waals surface area (Å²) < 4.78 is 11.8. The molecule has 0 spiro atoms. The van der Waals surface area contributed by atoms with Crippen molar-refractivity contribution >= 4 is 29.0 Å². The lowest BCUT2D eigenvalue weighted by Gasteiger charge is -2.38. The minimum Gasteiger partial charge on any atom is -0.493 e. The third kappa shape index (κ3) is 4.09. The van der Waals surface area contributed by atoms with Gasteiger partial charge in [-0.2, -0.15) is 0 Å². The number of nitrogens with zero attached hydrogens (tertiary/aromatic N) is 3. The van der Waals surface area contributed by atoms with E-state index in [1.165, 1.54) is 28.7 Å². The molecule has 0 N–H and O–H groups in total. The first kappa shape index (κ1) is 19.7. The maximum absolute atomic E-state index is 13.2. The molecule has 6 nitrogen and oxygen atoms in total. The van der Waals surface area contributed by atoms with E-state index in [4.69, 9.17) is 9.47 Å². The molecule has 0 saturated heterocycles. The fourth-order valence-corrected chi connectivity index (χ4v) is 5.02. The van der Waals surface area contributed by atoms with Gasteiger partial charge >= 0.3 is 0 Å². The zero-order chi connectivity index (χ0) is 20.2. The summed E-state index contributed by atoms with van der Waals surface area (Å²) in [5, 5.41) is 7.86. The normalized spacial score (nSPS) is 15.7. The molecule has 0 bridgehead atoms. The number of hydrogen-bond donors (Lipinski definition) is 0. The van der Waals surface area contributed by atoms with Crippen LogP contribution >= 0.6 is 23.1 Å². The van der Waals surface area contributed by atoms with E-state index in [1.807, 2.05) is 35.2 Å². The number of carbonyl (C=O) groups excluding carboxylic acids is 1. The summed E-state index contributed by atoms with van der Waals surface area (Å²) in [5.41, 5.74) is 5.01. The lowest BCUT2D eigenvalue weighted by atomic mass is 9.87. The smallest absolute Gasteiger partial charge is 0.233 e. The van der Waals surface area contributed by atoms with E-state index in [0.717, 1.165) is 21.9 Å². The van der Waals surface area contributed by atoms with Crippen LogP contribution in [0.5, 0.6) is 11.5 Å². The Morgan fingerprint density at radius 1 is 1.21 bits per heavy atom. The lowest BCUT2D eigenvalue weighted by Crippen LogP contribution is -2.41. The van der Waals surface area contributed by atoms with E-state index in [9.17, 15) is 4.79 Å². The molecule has 0 saturated carbocycles. The van der Waals surface area contributed by atoms with E-state index in [0.29, 0.717) is 23.8 Å². The average molecular weight is 428 g/mol. The summed E-state index contributed by atoms with van der Waals surface area (Å²) in [6.07, 6.45) is 0.772. The van der Waals surface area contributed by atoms with E-state index < -0.39 is 0 Å². The largest absolute Gasteiger partial charge is 0.493 e.